The van der Waals surface area contributed by atoms with Crippen molar-refractivity contribution in [2.75, 3.05) is 0 Å². The molecule has 0 spiro atoms. The predicted octanol–water partition coefficient (Wildman–Crippen LogP) is 3.42. The van der Waals surface area contributed by atoms with Crippen molar-refractivity contribution in [2.24, 2.45) is 0 Å². The molecule has 2 aromatic carbocycles. The van der Waals surface area contributed by atoms with Gasteiger partial charge in [0.05, 0.1) is 16.6 Å². The summed E-state index contributed by atoms with van der Waals surface area (Å²) in [4.78, 5) is 22.0. The van der Waals surface area contributed by atoms with Crippen LogP contribution in [-0.2, 0) is 0 Å². The minimum absolute atomic E-state index is 0.118. The number of benzene rings is 2. The van der Waals surface area contributed by atoms with E-state index in [1.54, 1.807) is 18.2 Å². The molecule has 0 aliphatic heterocycles. The number of halogens is 1. The second-order valence-electron chi connectivity index (χ2n) is 3.62. The summed E-state index contributed by atoms with van der Waals surface area (Å²) in [5.41, 5.74) is 0.308. The number of hydrogen-bond donors (Lipinski definition) is 0. The number of esters is 1. The molecule has 0 amide bonds. The van der Waals surface area contributed by atoms with Gasteiger partial charge in [-0.15, -0.1) is 0 Å². The molecule has 0 unspecified atom stereocenters. The Bertz CT molecular complexity index is 642. The molecule has 96 valence electrons. The molecule has 2 aromatic rings. The lowest BCUT2D eigenvalue weighted by atomic mass is 10.2. The number of non-ortho nitro benzene ring substituents is 1. The number of hydrogen-bond acceptors (Lipinski definition) is 4. The normalized spacial score (nSPS) is 9.95. The maximum Gasteiger partial charge on any atom is 0.344 e. The highest BCUT2D eigenvalue weighted by atomic mass is 127. The zero-order valence-electron chi connectivity index (χ0n) is 9.58. The minimum atomic E-state index is -0.538. The number of nitro groups is 1. The first-order valence-corrected chi connectivity index (χ1v) is 6.37. The number of ether oxygens (including phenoxy) is 1. The largest absolute Gasteiger partial charge is 0.423 e. The van der Waals surface area contributed by atoms with Gasteiger partial charge in [-0.1, -0.05) is 18.2 Å². The molecule has 0 aliphatic carbocycles. The molecule has 0 saturated heterocycles. The number of nitrogens with zero attached hydrogens (tertiary/aromatic N) is 1. The van der Waals surface area contributed by atoms with Crippen LogP contribution in [0.15, 0.2) is 48.5 Å². The Balaban J connectivity index is 2.22. The van der Waals surface area contributed by atoms with Crippen molar-refractivity contribution in [1.82, 2.24) is 0 Å². The zero-order chi connectivity index (χ0) is 13.8. The first kappa shape index (κ1) is 13.5. The zero-order valence-corrected chi connectivity index (χ0v) is 11.7. The molecule has 19 heavy (non-hydrogen) atoms. The fraction of sp³-hybridized carbons (Fsp3) is 0. The number of carbonyl (C=O) groups excluding carboxylic acids is 1. The van der Waals surface area contributed by atoms with Crippen molar-refractivity contribution in [1.29, 1.82) is 0 Å². The highest BCUT2D eigenvalue weighted by Gasteiger charge is 2.13. The van der Waals surface area contributed by atoms with Gasteiger partial charge in [0.15, 0.2) is 0 Å². The third kappa shape index (κ3) is 3.28. The summed E-state index contributed by atoms with van der Waals surface area (Å²) in [6.45, 7) is 0. The van der Waals surface area contributed by atoms with E-state index in [1.807, 2.05) is 28.7 Å². The van der Waals surface area contributed by atoms with Crippen LogP contribution in [0.2, 0.25) is 0 Å². The van der Waals surface area contributed by atoms with Gasteiger partial charge in [-0.05, 0) is 40.8 Å². The van der Waals surface area contributed by atoms with E-state index in [0.29, 0.717) is 5.56 Å². The fourth-order valence-electron chi connectivity index (χ4n) is 1.45. The molecule has 0 aliphatic rings. The number of rotatable bonds is 3. The molecular weight excluding hydrogens is 361 g/mol. The first-order chi connectivity index (χ1) is 9.08. The summed E-state index contributed by atoms with van der Waals surface area (Å²) in [6, 6.07) is 12.5. The third-order valence-corrected chi connectivity index (χ3v) is 3.27. The fourth-order valence-corrected chi connectivity index (χ4v) is 2.06. The van der Waals surface area contributed by atoms with Crippen LogP contribution in [0, 0.1) is 13.7 Å². The molecule has 0 atom stereocenters. The second kappa shape index (κ2) is 5.79. The SMILES string of the molecule is O=C(Oc1cccc([N+](=O)[O-])c1)c1ccccc1I. The molecule has 0 saturated carbocycles. The maximum atomic E-state index is 11.9. The first-order valence-electron chi connectivity index (χ1n) is 5.29. The minimum Gasteiger partial charge on any atom is -0.423 e. The Hall–Kier alpha value is -1.96. The van der Waals surface area contributed by atoms with Crippen LogP contribution in [-0.4, -0.2) is 10.9 Å². The Morgan fingerprint density at radius 3 is 2.58 bits per heavy atom. The van der Waals surface area contributed by atoms with Crippen LogP contribution >= 0.6 is 22.6 Å². The molecule has 0 heterocycles. The Kier molecular flexibility index (Phi) is 4.10. The van der Waals surface area contributed by atoms with Crippen molar-refractivity contribution < 1.29 is 14.5 Å². The molecule has 0 radical (unpaired) electrons. The maximum absolute atomic E-state index is 11.9. The van der Waals surface area contributed by atoms with Crippen LogP contribution in [0.5, 0.6) is 5.75 Å². The highest BCUT2D eigenvalue weighted by Crippen LogP contribution is 2.21. The van der Waals surface area contributed by atoms with Crippen molar-refractivity contribution in [3.8, 4) is 5.75 Å². The van der Waals surface area contributed by atoms with Crippen molar-refractivity contribution in [3.63, 3.8) is 0 Å². The number of carbonyl (C=O) groups is 1. The lowest BCUT2D eigenvalue weighted by molar-refractivity contribution is -0.384. The molecule has 6 heteroatoms. The van der Waals surface area contributed by atoms with Gasteiger partial charge in [0.2, 0.25) is 0 Å². The van der Waals surface area contributed by atoms with Gasteiger partial charge in [0.25, 0.3) is 5.69 Å². The summed E-state index contributed by atoms with van der Waals surface area (Å²) in [6.07, 6.45) is 0. The molecular formula is C13H8INO4. The highest BCUT2D eigenvalue weighted by molar-refractivity contribution is 14.1. The van der Waals surface area contributed by atoms with Crippen LogP contribution in [0.3, 0.4) is 0 Å². The standard InChI is InChI=1S/C13H8INO4/c14-12-7-2-1-6-11(12)13(16)19-10-5-3-4-9(8-10)15(17)18/h1-8H. The average molecular weight is 369 g/mol. The van der Waals surface area contributed by atoms with Gasteiger partial charge in [0, 0.05) is 9.64 Å². The summed E-state index contributed by atoms with van der Waals surface area (Å²) >= 11 is 2.03. The Morgan fingerprint density at radius 2 is 1.89 bits per heavy atom. The molecule has 2 rings (SSSR count). The smallest absolute Gasteiger partial charge is 0.344 e. The lowest BCUT2D eigenvalue weighted by Gasteiger charge is -2.05. The predicted molar refractivity (Wildman–Crippen MR) is 77.2 cm³/mol. The molecule has 0 aromatic heterocycles. The van der Waals surface area contributed by atoms with Gasteiger partial charge in [-0.3, -0.25) is 10.1 Å². The van der Waals surface area contributed by atoms with Gasteiger partial charge in [-0.2, -0.15) is 0 Å². The van der Waals surface area contributed by atoms with Crippen molar-refractivity contribution in [3.05, 3.63) is 67.8 Å². The quantitative estimate of drug-likeness (QED) is 0.273. The molecule has 5 nitrogen and oxygen atoms in total. The van der Waals surface area contributed by atoms with E-state index in [4.69, 9.17) is 4.74 Å². The summed E-state index contributed by atoms with van der Waals surface area (Å²) < 4.78 is 5.88. The van der Waals surface area contributed by atoms with E-state index in [0.717, 1.165) is 3.57 Å². The average Bonchev–Trinajstić information content (AvgIpc) is 2.39. The Labute approximate surface area is 122 Å². The molecule has 0 N–H and O–H groups in total. The van der Waals surface area contributed by atoms with Gasteiger partial charge in [0.1, 0.15) is 5.75 Å². The second-order valence-corrected chi connectivity index (χ2v) is 4.79. The van der Waals surface area contributed by atoms with Gasteiger partial charge in [-0.25, -0.2) is 4.79 Å². The van der Waals surface area contributed by atoms with Crippen molar-refractivity contribution in [2.45, 2.75) is 0 Å². The van der Waals surface area contributed by atoms with Crippen LogP contribution < -0.4 is 4.74 Å². The monoisotopic (exact) mass is 369 g/mol. The van der Waals surface area contributed by atoms with E-state index in [2.05, 4.69) is 0 Å². The molecule has 0 bridgehead atoms. The van der Waals surface area contributed by atoms with Crippen molar-refractivity contribution >= 4 is 34.2 Å². The van der Waals surface area contributed by atoms with Gasteiger partial charge < -0.3 is 4.74 Å². The number of nitro benzene ring substituents is 1. The van der Waals surface area contributed by atoms with Crippen LogP contribution in [0.1, 0.15) is 10.4 Å². The van der Waals surface area contributed by atoms with Crippen LogP contribution in [0.25, 0.3) is 0 Å². The van der Waals surface area contributed by atoms with E-state index in [1.165, 1.54) is 24.3 Å². The lowest BCUT2D eigenvalue weighted by Crippen LogP contribution is -2.10. The Morgan fingerprint density at radius 1 is 1.16 bits per heavy atom. The summed E-state index contributed by atoms with van der Waals surface area (Å²) in [5.74, 6) is -0.385. The van der Waals surface area contributed by atoms with Gasteiger partial charge >= 0.3 is 5.97 Å². The molecule has 0 fully saturated rings. The summed E-state index contributed by atoms with van der Waals surface area (Å²) in [7, 11) is 0. The van der Waals surface area contributed by atoms with E-state index in [-0.39, 0.29) is 11.4 Å². The van der Waals surface area contributed by atoms with E-state index in [9.17, 15) is 14.9 Å². The van der Waals surface area contributed by atoms with E-state index >= 15 is 0 Å². The third-order valence-electron chi connectivity index (χ3n) is 2.33. The van der Waals surface area contributed by atoms with E-state index < -0.39 is 10.9 Å². The summed E-state index contributed by atoms with van der Waals surface area (Å²) in [5, 5.41) is 10.6. The topological polar surface area (TPSA) is 69.4 Å². The van der Waals surface area contributed by atoms with Crippen LogP contribution in [0.4, 0.5) is 5.69 Å².